The quantitative estimate of drug-likeness (QED) is 0.639. The Labute approximate surface area is 118 Å². The number of carbonyl (C=O) groups excluding carboxylic acids is 1. The Morgan fingerprint density at radius 1 is 1.45 bits per heavy atom. The molecule has 1 unspecified atom stereocenters. The van der Waals surface area contributed by atoms with E-state index in [9.17, 15) is 9.90 Å². The lowest BCUT2D eigenvalue weighted by atomic mass is 10.0. The maximum absolute atomic E-state index is 11.5. The number of hydrogen-bond acceptors (Lipinski definition) is 6. The monoisotopic (exact) mass is 282 g/mol. The van der Waals surface area contributed by atoms with Crippen molar-refractivity contribution < 1.29 is 14.6 Å². The second-order valence-electron chi connectivity index (χ2n) is 4.76. The van der Waals surface area contributed by atoms with Crippen LogP contribution in [-0.2, 0) is 4.74 Å². The largest absolute Gasteiger partial charge is 0.388 e. The number of rotatable bonds is 8. The topological polar surface area (TPSA) is 96.4 Å². The normalized spacial score (nSPS) is 13.6. The molecule has 1 rings (SSSR count). The molecule has 0 aromatic carbocycles. The first-order chi connectivity index (χ1) is 9.48. The molecule has 0 bridgehead atoms. The number of aliphatic hydroxyl groups is 1. The summed E-state index contributed by atoms with van der Waals surface area (Å²) in [6, 6.07) is 3.24. The molecule has 0 aliphatic rings. The third-order valence-electron chi connectivity index (χ3n) is 2.73. The molecule has 0 saturated heterocycles. The molecule has 3 N–H and O–H groups in total. The maximum atomic E-state index is 11.5. The SMILES string of the molecule is CCNC(=O)c1ccc(NCC(C)(O)CCOC)nn1. The van der Waals surface area contributed by atoms with E-state index in [4.69, 9.17) is 4.74 Å². The van der Waals surface area contributed by atoms with Gasteiger partial charge in [0.25, 0.3) is 5.91 Å². The first-order valence-electron chi connectivity index (χ1n) is 6.55. The number of amides is 1. The highest BCUT2D eigenvalue weighted by Gasteiger charge is 2.19. The standard InChI is InChI=1S/C13H22N4O3/c1-4-14-12(18)10-5-6-11(17-16-10)15-9-13(2,19)7-8-20-3/h5-6,19H,4,7-9H2,1-3H3,(H,14,18)(H,15,17). The van der Waals surface area contributed by atoms with Crippen LogP contribution in [0.4, 0.5) is 5.82 Å². The number of anilines is 1. The summed E-state index contributed by atoms with van der Waals surface area (Å²) in [7, 11) is 1.59. The van der Waals surface area contributed by atoms with Crippen LogP contribution in [0.1, 0.15) is 30.8 Å². The summed E-state index contributed by atoms with van der Waals surface area (Å²) in [6.45, 7) is 4.91. The van der Waals surface area contributed by atoms with Crippen molar-refractivity contribution in [3.63, 3.8) is 0 Å². The van der Waals surface area contributed by atoms with Crippen molar-refractivity contribution in [1.82, 2.24) is 15.5 Å². The summed E-state index contributed by atoms with van der Waals surface area (Å²) in [5.41, 5.74) is -0.626. The molecule has 1 aromatic heterocycles. The number of nitrogens with one attached hydrogen (secondary N) is 2. The summed E-state index contributed by atoms with van der Waals surface area (Å²) in [5.74, 6) is 0.259. The fourth-order valence-electron chi connectivity index (χ4n) is 1.49. The minimum absolute atomic E-state index is 0.251. The summed E-state index contributed by atoms with van der Waals surface area (Å²) >= 11 is 0. The van der Waals surface area contributed by atoms with E-state index in [-0.39, 0.29) is 11.6 Å². The predicted octanol–water partition coefficient (Wildman–Crippen LogP) is 0.426. The zero-order chi connectivity index (χ0) is 15.0. The number of hydrogen-bond donors (Lipinski definition) is 3. The van der Waals surface area contributed by atoms with Crippen LogP contribution in [0.3, 0.4) is 0 Å². The van der Waals surface area contributed by atoms with Crippen LogP contribution in [0.2, 0.25) is 0 Å². The molecule has 0 aliphatic carbocycles. The van der Waals surface area contributed by atoms with Gasteiger partial charge in [0, 0.05) is 33.2 Å². The average molecular weight is 282 g/mol. The summed E-state index contributed by atoms with van der Waals surface area (Å²) in [6.07, 6.45) is 0.515. The minimum atomic E-state index is -0.893. The minimum Gasteiger partial charge on any atom is -0.388 e. The van der Waals surface area contributed by atoms with E-state index in [1.807, 2.05) is 6.92 Å². The summed E-state index contributed by atoms with van der Waals surface area (Å²) < 4.78 is 4.93. The highest BCUT2D eigenvalue weighted by atomic mass is 16.5. The lowest BCUT2D eigenvalue weighted by molar-refractivity contribution is 0.0356. The van der Waals surface area contributed by atoms with Gasteiger partial charge >= 0.3 is 0 Å². The molecule has 1 heterocycles. The maximum Gasteiger partial charge on any atom is 0.271 e. The van der Waals surface area contributed by atoms with E-state index >= 15 is 0 Å². The van der Waals surface area contributed by atoms with Crippen LogP contribution in [-0.4, -0.2) is 53.6 Å². The summed E-state index contributed by atoms with van der Waals surface area (Å²) in [4.78, 5) is 11.5. The molecule has 1 aromatic rings. The van der Waals surface area contributed by atoms with Gasteiger partial charge in [0.05, 0.1) is 5.60 Å². The predicted molar refractivity (Wildman–Crippen MR) is 75.6 cm³/mol. The van der Waals surface area contributed by atoms with Gasteiger partial charge in [-0.2, -0.15) is 0 Å². The van der Waals surface area contributed by atoms with Gasteiger partial charge < -0.3 is 20.5 Å². The summed E-state index contributed by atoms with van der Waals surface area (Å²) in [5, 5.41) is 23.4. The van der Waals surface area contributed by atoms with Gasteiger partial charge in [-0.05, 0) is 26.0 Å². The van der Waals surface area contributed by atoms with Crippen molar-refractivity contribution in [2.45, 2.75) is 25.9 Å². The average Bonchev–Trinajstić information content (AvgIpc) is 2.44. The molecule has 112 valence electrons. The smallest absolute Gasteiger partial charge is 0.271 e. The molecular weight excluding hydrogens is 260 g/mol. The van der Waals surface area contributed by atoms with Gasteiger partial charge in [-0.25, -0.2) is 0 Å². The second kappa shape index (κ2) is 7.76. The van der Waals surface area contributed by atoms with Gasteiger partial charge in [0.2, 0.25) is 0 Å². The first kappa shape index (κ1) is 16.3. The highest BCUT2D eigenvalue weighted by molar-refractivity contribution is 5.92. The fraction of sp³-hybridized carbons (Fsp3) is 0.615. The molecule has 0 spiro atoms. The van der Waals surface area contributed by atoms with Crippen molar-refractivity contribution in [2.24, 2.45) is 0 Å². The van der Waals surface area contributed by atoms with Crippen molar-refractivity contribution in [2.75, 3.05) is 32.1 Å². The molecule has 1 atom stereocenters. The molecule has 7 heteroatoms. The molecule has 0 fully saturated rings. The van der Waals surface area contributed by atoms with Crippen LogP contribution in [0.15, 0.2) is 12.1 Å². The molecule has 0 aliphatic heterocycles. The third kappa shape index (κ3) is 5.50. The number of carbonyl (C=O) groups is 1. The number of aromatic nitrogens is 2. The van der Waals surface area contributed by atoms with Gasteiger partial charge in [-0.15, -0.1) is 10.2 Å². The molecule has 0 radical (unpaired) electrons. The van der Waals surface area contributed by atoms with Crippen molar-refractivity contribution >= 4 is 11.7 Å². The third-order valence-corrected chi connectivity index (χ3v) is 2.73. The lowest BCUT2D eigenvalue weighted by Gasteiger charge is -2.23. The molecule has 0 saturated carbocycles. The van der Waals surface area contributed by atoms with Crippen LogP contribution < -0.4 is 10.6 Å². The van der Waals surface area contributed by atoms with Gasteiger partial charge in [-0.1, -0.05) is 0 Å². The van der Waals surface area contributed by atoms with E-state index in [0.717, 1.165) is 0 Å². The Bertz CT molecular complexity index is 420. The zero-order valence-corrected chi connectivity index (χ0v) is 12.1. The van der Waals surface area contributed by atoms with Gasteiger partial charge in [0.1, 0.15) is 5.82 Å². The van der Waals surface area contributed by atoms with E-state index in [1.165, 1.54) is 0 Å². The zero-order valence-electron chi connectivity index (χ0n) is 12.1. The number of ether oxygens (including phenoxy) is 1. The molecule has 7 nitrogen and oxygen atoms in total. The van der Waals surface area contributed by atoms with Crippen molar-refractivity contribution in [3.8, 4) is 0 Å². The second-order valence-corrected chi connectivity index (χ2v) is 4.76. The van der Waals surface area contributed by atoms with E-state index < -0.39 is 5.60 Å². The molecular formula is C13H22N4O3. The Morgan fingerprint density at radius 2 is 2.20 bits per heavy atom. The Kier molecular flexibility index (Phi) is 6.33. The van der Waals surface area contributed by atoms with Gasteiger partial charge in [-0.3, -0.25) is 4.79 Å². The molecule has 1 amide bonds. The number of methoxy groups -OCH3 is 1. The highest BCUT2D eigenvalue weighted by Crippen LogP contribution is 2.11. The van der Waals surface area contributed by atoms with E-state index in [1.54, 1.807) is 26.2 Å². The van der Waals surface area contributed by atoms with Crippen LogP contribution >= 0.6 is 0 Å². The Morgan fingerprint density at radius 3 is 2.75 bits per heavy atom. The van der Waals surface area contributed by atoms with Crippen LogP contribution in [0, 0.1) is 0 Å². The first-order valence-corrected chi connectivity index (χ1v) is 6.55. The Balaban J connectivity index is 2.51. The van der Waals surface area contributed by atoms with Gasteiger partial charge in [0.15, 0.2) is 5.69 Å². The fourth-order valence-corrected chi connectivity index (χ4v) is 1.49. The van der Waals surface area contributed by atoms with Crippen molar-refractivity contribution in [1.29, 1.82) is 0 Å². The Hall–Kier alpha value is -1.73. The van der Waals surface area contributed by atoms with E-state index in [0.29, 0.717) is 31.9 Å². The molecule has 20 heavy (non-hydrogen) atoms. The van der Waals surface area contributed by atoms with Crippen LogP contribution in [0.25, 0.3) is 0 Å². The van der Waals surface area contributed by atoms with E-state index in [2.05, 4.69) is 20.8 Å². The lowest BCUT2D eigenvalue weighted by Crippen LogP contribution is -2.35. The number of nitrogens with zero attached hydrogens (tertiary/aromatic N) is 2. The van der Waals surface area contributed by atoms with Crippen molar-refractivity contribution in [3.05, 3.63) is 17.8 Å². The van der Waals surface area contributed by atoms with Crippen LogP contribution in [0.5, 0.6) is 0 Å².